The Hall–Kier alpha value is -3.47. The molecule has 12 heteroatoms. The first kappa shape index (κ1) is 21.8. The summed E-state index contributed by atoms with van der Waals surface area (Å²) in [6.45, 7) is 1.51. The van der Waals surface area contributed by atoms with Crippen molar-refractivity contribution >= 4 is 23.2 Å². The van der Waals surface area contributed by atoms with E-state index in [1.54, 1.807) is 6.07 Å². The number of halogens is 5. The summed E-state index contributed by atoms with van der Waals surface area (Å²) in [6, 6.07) is 4.89. The maximum absolute atomic E-state index is 14.6. The molecule has 0 aliphatic heterocycles. The van der Waals surface area contributed by atoms with Gasteiger partial charge in [-0.1, -0.05) is 29.7 Å². The molecule has 0 spiro atoms. The minimum Gasteiger partial charge on any atom is -0.481 e. The summed E-state index contributed by atoms with van der Waals surface area (Å²) in [4.78, 5) is 19.2. The fourth-order valence-corrected chi connectivity index (χ4v) is 3.32. The number of fused-ring (bicyclic) bond motifs is 1. The van der Waals surface area contributed by atoms with Crippen molar-refractivity contribution in [3.63, 3.8) is 0 Å². The number of benzene rings is 1. The van der Waals surface area contributed by atoms with Crippen molar-refractivity contribution in [2.24, 2.45) is 5.92 Å². The largest absolute Gasteiger partial charge is 0.481 e. The third kappa shape index (κ3) is 4.15. The molecule has 4 rings (SSSR count). The lowest BCUT2D eigenvalue weighted by molar-refractivity contribution is -0.141. The number of carboxylic acids is 1. The number of hydrogen-bond donors (Lipinski definition) is 1. The lowest BCUT2D eigenvalue weighted by Gasteiger charge is -2.07. The Morgan fingerprint density at radius 2 is 2.00 bits per heavy atom. The Bertz CT molecular complexity index is 1330. The second-order valence-electron chi connectivity index (χ2n) is 7.11. The Morgan fingerprint density at radius 1 is 1.25 bits per heavy atom. The molecule has 0 bridgehead atoms. The molecule has 4 aromatic rings. The summed E-state index contributed by atoms with van der Waals surface area (Å²) >= 11 is 5.92. The average Bonchev–Trinajstić information content (AvgIpc) is 3.34. The standard InChI is InChI=1S/C20H13ClF4N4O3/c1-9(19(30)31)4-10-2-3-12(14(22)5-10)16-27-18(32-28-16)15-8-29-7-11(20(23,24)25)6-13(21)17(29)26-15/h2-3,5-9H,4H2,1H3,(H,30,31). The van der Waals surface area contributed by atoms with Crippen LogP contribution in [0.3, 0.4) is 0 Å². The lowest BCUT2D eigenvalue weighted by Crippen LogP contribution is -2.12. The molecule has 0 aliphatic carbocycles. The van der Waals surface area contributed by atoms with E-state index in [-0.39, 0.29) is 40.1 Å². The van der Waals surface area contributed by atoms with E-state index in [1.165, 1.54) is 25.3 Å². The number of pyridine rings is 1. The number of nitrogens with zero attached hydrogens (tertiary/aromatic N) is 4. The summed E-state index contributed by atoms with van der Waals surface area (Å²) in [6.07, 6.45) is -2.39. The maximum atomic E-state index is 14.6. The van der Waals surface area contributed by atoms with Gasteiger partial charge in [-0.25, -0.2) is 9.37 Å². The quantitative estimate of drug-likeness (QED) is 0.408. The van der Waals surface area contributed by atoms with Crippen LogP contribution in [0.5, 0.6) is 0 Å². The highest BCUT2D eigenvalue weighted by Gasteiger charge is 2.32. The van der Waals surface area contributed by atoms with E-state index in [4.69, 9.17) is 21.2 Å². The topological polar surface area (TPSA) is 93.5 Å². The molecule has 1 aromatic carbocycles. The lowest BCUT2D eigenvalue weighted by atomic mass is 10.00. The first-order chi connectivity index (χ1) is 15.0. The van der Waals surface area contributed by atoms with E-state index in [0.29, 0.717) is 5.56 Å². The molecule has 0 fully saturated rings. The zero-order valence-electron chi connectivity index (χ0n) is 16.2. The molecule has 32 heavy (non-hydrogen) atoms. The van der Waals surface area contributed by atoms with Crippen LogP contribution in [0.25, 0.3) is 28.6 Å². The summed E-state index contributed by atoms with van der Waals surface area (Å²) in [5, 5.41) is 12.5. The van der Waals surface area contributed by atoms with Crippen LogP contribution in [-0.4, -0.2) is 30.6 Å². The number of alkyl halides is 3. The van der Waals surface area contributed by atoms with Gasteiger partial charge in [0.05, 0.1) is 22.1 Å². The van der Waals surface area contributed by atoms with Gasteiger partial charge < -0.3 is 14.0 Å². The van der Waals surface area contributed by atoms with Crippen molar-refractivity contribution in [2.75, 3.05) is 0 Å². The number of aromatic nitrogens is 4. The van der Waals surface area contributed by atoms with Crippen molar-refractivity contribution in [1.29, 1.82) is 0 Å². The van der Waals surface area contributed by atoms with Gasteiger partial charge in [0.15, 0.2) is 5.65 Å². The predicted octanol–water partition coefficient (Wildman–Crippen LogP) is 5.13. The zero-order valence-corrected chi connectivity index (χ0v) is 16.9. The first-order valence-corrected chi connectivity index (χ1v) is 9.52. The maximum Gasteiger partial charge on any atom is 0.417 e. The predicted molar refractivity (Wildman–Crippen MR) is 104 cm³/mol. The minimum absolute atomic E-state index is 0.00730. The summed E-state index contributed by atoms with van der Waals surface area (Å²) in [5.74, 6) is -2.60. The highest BCUT2D eigenvalue weighted by molar-refractivity contribution is 6.33. The van der Waals surface area contributed by atoms with Gasteiger partial charge >= 0.3 is 12.1 Å². The van der Waals surface area contributed by atoms with Crippen LogP contribution in [0.4, 0.5) is 17.6 Å². The Kier molecular flexibility index (Phi) is 5.37. The molecule has 1 N–H and O–H groups in total. The molecule has 1 atom stereocenters. The van der Waals surface area contributed by atoms with E-state index in [1.807, 2.05) is 0 Å². The van der Waals surface area contributed by atoms with Gasteiger partial charge in [-0.3, -0.25) is 4.79 Å². The zero-order chi connectivity index (χ0) is 23.2. The average molecular weight is 469 g/mol. The van der Waals surface area contributed by atoms with Gasteiger partial charge in [0.1, 0.15) is 11.5 Å². The van der Waals surface area contributed by atoms with Crippen molar-refractivity contribution in [3.05, 3.63) is 58.6 Å². The molecule has 1 unspecified atom stereocenters. The fourth-order valence-electron chi connectivity index (χ4n) is 3.06. The second-order valence-corrected chi connectivity index (χ2v) is 7.52. The van der Waals surface area contributed by atoms with Gasteiger partial charge in [0.2, 0.25) is 5.82 Å². The van der Waals surface area contributed by atoms with Crippen LogP contribution in [0.15, 0.2) is 41.2 Å². The normalized spacial score (nSPS) is 12.9. The molecule has 166 valence electrons. The molecule has 3 aromatic heterocycles. The third-order valence-corrected chi connectivity index (χ3v) is 4.99. The molecular weight excluding hydrogens is 456 g/mol. The van der Waals surface area contributed by atoms with E-state index in [2.05, 4.69) is 15.1 Å². The number of hydrogen-bond acceptors (Lipinski definition) is 5. The Morgan fingerprint density at radius 3 is 2.66 bits per heavy atom. The van der Waals surface area contributed by atoms with Crippen LogP contribution >= 0.6 is 11.6 Å². The molecule has 7 nitrogen and oxygen atoms in total. The van der Waals surface area contributed by atoms with E-state index in [0.717, 1.165) is 16.7 Å². The van der Waals surface area contributed by atoms with Gasteiger partial charge in [-0.15, -0.1) is 0 Å². The van der Waals surface area contributed by atoms with Crippen LogP contribution in [0.1, 0.15) is 18.1 Å². The molecule has 0 saturated heterocycles. The van der Waals surface area contributed by atoms with Gasteiger partial charge in [0, 0.05) is 12.4 Å². The molecular formula is C20H13ClF4N4O3. The molecule has 0 saturated carbocycles. The number of aliphatic carboxylic acids is 1. The summed E-state index contributed by atoms with van der Waals surface area (Å²) < 4.78 is 59.7. The number of carboxylic acid groups (broad SMARTS) is 1. The SMILES string of the molecule is CC(Cc1ccc(-c2noc(-c3cn4cc(C(F)(F)F)cc(Cl)c4n3)n2)c(F)c1)C(=O)O. The van der Waals surface area contributed by atoms with Crippen molar-refractivity contribution < 1.29 is 32.0 Å². The summed E-state index contributed by atoms with van der Waals surface area (Å²) in [5.41, 5.74) is -0.354. The highest BCUT2D eigenvalue weighted by atomic mass is 35.5. The fraction of sp³-hybridized carbons (Fsp3) is 0.200. The van der Waals surface area contributed by atoms with Crippen molar-refractivity contribution in [3.8, 4) is 23.0 Å². The third-order valence-electron chi connectivity index (χ3n) is 4.72. The Labute approximate surface area is 182 Å². The smallest absolute Gasteiger partial charge is 0.417 e. The molecule has 3 heterocycles. The van der Waals surface area contributed by atoms with Crippen molar-refractivity contribution in [1.82, 2.24) is 19.5 Å². The first-order valence-electron chi connectivity index (χ1n) is 9.14. The number of imidazole rings is 1. The van der Waals surface area contributed by atoms with Gasteiger partial charge in [-0.05, 0) is 30.2 Å². The number of carbonyl (C=O) groups is 1. The van der Waals surface area contributed by atoms with E-state index >= 15 is 0 Å². The van der Waals surface area contributed by atoms with E-state index in [9.17, 15) is 22.4 Å². The van der Waals surface area contributed by atoms with Gasteiger partial charge in [-0.2, -0.15) is 18.2 Å². The van der Waals surface area contributed by atoms with E-state index < -0.39 is 29.4 Å². The molecule has 0 aliphatic rings. The molecule has 0 radical (unpaired) electrons. The van der Waals surface area contributed by atoms with Crippen LogP contribution in [0.2, 0.25) is 5.02 Å². The monoisotopic (exact) mass is 468 g/mol. The van der Waals surface area contributed by atoms with Crippen LogP contribution < -0.4 is 0 Å². The Balaban J connectivity index is 1.65. The second kappa shape index (κ2) is 7.90. The van der Waals surface area contributed by atoms with Crippen LogP contribution in [-0.2, 0) is 17.4 Å². The summed E-state index contributed by atoms with van der Waals surface area (Å²) in [7, 11) is 0. The van der Waals surface area contributed by atoms with Gasteiger partial charge in [0.25, 0.3) is 5.89 Å². The highest BCUT2D eigenvalue weighted by Crippen LogP contribution is 2.33. The van der Waals surface area contributed by atoms with Crippen LogP contribution in [0, 0.1) is 11.7 Å². The number of rotatable bonds is 5. The minimum atomic E-state index is -4.59. The van der Waals surface area contributed by atoms with Crippen molar-refractivity contribution in [2.45, 2.75) is 19.5 Å². The molecule has 0 amide bonds.